The lowest BCUT2D eigenvalue weighted by Gasteiger charge is -2.57. The van der Waals surface area contributed by atoms with Crippen molar-refractivity contribution in [2.45, 2.75) is 110 Å². The van der Waals surface area contributed by atoms with Crippen molar-refractivity contribution < 1.29 is 14.3 Å². The smallest absolute Gasteiger partial charge is 0.155 e. The number of ether oxygens (including phenoxy) is 2. The van der Waals surface area contributed by atoms with Gasteiger partial charge >= 0.3 is 0 Å². The van der Waals surface area contributed by atoms with Crippen LogP contribution in [0.4, 0.5) is 0 Å². The van der Waals surface area contributed by atoms with Crippen molar-refractivity contribution in [1.29, 1.82) is 0 Å². The van der Waals surface area contributed by atoms with Gasteiger partial charge in [0.25, 0.3) is 0 Å². The second kappa shape index (κ2) is 6.22. The van der Waals surface area contributed by atoms with Crippen LogP contribution in [0.1, 0.15) is 86.0 Å². The van der Waals surface area contributed by atoms with Crippen LogP contribution in [-0.4, -0.2) is 29.7 Å². The van der Waals surface area contributed by atoms with Gasteiger partial charge < -0.3 is 9.47 Å². The Balaban J connectivity index is 1.22. The molecule has 0 radical (unpaired) electrons. The van der Waals surface area contributed by atoms with E-state index in [0.29, 0.717) is 35.2 Å². The third kappa shape index (κ3) is 2.66. The average molecular weight is 413 g/mol. The molecule has 0 spiro atoms. The Hall–Kier alpha value is -0.670. The molecule has 6 rings (SSSR count). The molecule has 2 saturated heterocycles. The Morgan fingerprint density at radius 2 is 1.87 bits per heavy atom. The number of hydrogen-bond donors (Lipinski definition) is 0. The number of carbonyl (C=O) groups excluding carboxylic acids is 1. The molecule has 0 aromatic carbocycles. The molecule has 0 aromatic rings. The van der Waals surface area contributed by atoms with Gasteiger partial charge in [-0.1, -0.05) is 20.8 Å². The molecule has 2 aliphatic heterocycles. The molecule has 2 heterocycles. The van der Waals surface area contributed by atoms with Crippen molar-refractivity contribution >= 4 is 5.78 Å². The van der Waals surface area contributed by atoms with Gasteiger partial charge in [0.15, 0.2) is 5.78 Å². The first-order chi connectivity index (χ1) is 14.1. The van der Waals surface area contributed by atoms with E-state index < -0.39 is 0 Å². The summed E-state index contributed by atoms with van der Waals surface area (Å²) in [4.78, 5) is 12.1. The van der Waals surface area contributed by atoms with E-state index in [1.54, 1.807) is 0 Å². The number of carbonyl (C=O) groups is 1. The molecule has 0 amide bonds. The van der Waals surface area contributed by atoms with Gasteiger partial charge in [-0.3, -0.25) is 4.79 Å². The fourth-order valence-electron chi connectivity index (χ4n) is 9.14. The molecule has 4 aliphatic carbocycles. The second-order valence-electron chi connectivity index (χ2n) is 12.8. The number of rotatable bonds is 4. The van der Waals surface area contributed by atoms with E-state index in [2.05, 4.69) is 34.6 Å². The summed E-state index contributed by atoms with van der Waals surface area (Å²) in [6.45, 7) is 12.1. The molecule has 0 bridgehead atoms. The molecular formula is C27H40O3. The normalized spacial score (nSPS) is 53.7. The van der Waals surface area contributed by atoms with Gasteiger partial charge in [0, 0.05) is 6.42 Å². The maximum absolute atomic E-state index is 12.1. The van der Waals surface area contributed by atoms with Crippen LogP contribution in [0.5, 0.6) is 0 Å². The first kappa shape index (κ1) is 20.0. The lowest BCUT2D eigenvalue weighted by Crippen LogP contribution is -2.53. The Morgan fingerprint density at radius 1 is 1.10 bits per heavy atom. The maximum Gasteiger partial charge on any atom is 0.155 e. The zero-order valence-electron chi connectivity index (χ0n) is 19.6. The Morgan fingerprint density at radius 3 is 2.60 bits per heavy atom. The van der Waals surface area contributed by atoms with E-state index in [9.17, 15) is 4.79 Å². The quantitative estimate of drug-likeness (QED) is 0.555. The highest BCUT2D eigenvalue weighted by Gasteiger charge is 2.69. The van der Waals surface area contributed by atoms with Crippen molar-refractivity contribution in [2.24, 2.45) is 40.4 Å². The summed E-state index contributed by atoms with van der Waals surface area (Å²) in [5.74, 6) is 4.20. The highest BCUT2D eigenvalue weighted by molar-refractivity contribution is 5.92. The van der Waals surface area contributed by atoms with Gasteiger partial charge in [-0.05, 0) is 111 Å². The van der Waals surface area contributed by atoms with Gasteiger partial charge in [-0.15, -0.1) is 0 Å². The molecular weight excluding hydrogens is 372 g/mol. The summed E-state index contributed by atoms with van der Waals surface area (Å²) in [6.07, 6.45) is 12.9. The van der Waals surface area contributed by atoms with Crippen LogP contribution in [0.3, 0.4) is 0 Å². The summed E-state index contributed by atoms with van der Waals surface area (Å²) in [5, 5.41) is 0. The molecule has 3 nitrogen and oxygen atoms in total. The maximum atomic E-state index is 12.1. The van der Waals surface area contributed by atoms with Crippen LogP contribution in [0.15, 0.2) is 11.6 Å². The third-order valence-corrected chi connectivity index (χ3v) is 11.0. The minimum absolute atomic E-state index is 0.127. The molecule has 0 N–H and O–H groups in total. The van der Waals surface area contributed by atoms with E-state index in [4.69, 9.17) is 9.47 Å². The zero-order valence-corrected chi connectivity index (χ0v) is 19.6. The predicted molar refractivity (Wildman–Crippen MR) is 117 cm³/mol. The number of ketones is 1. The summed E-state index contributed by atoms with van der Waals surface area (Å²) in [5.41, 5.74) is 2.17. The predicted octanol–water partition coefficient (Wildman–Crippen LogP) is 5.72. The lowest BCUT2D eigenvalue weighted by molar-refractivity contribution is -0.117. The summed E-state index contributed by atoms with van der Waals surface area (Å²) >= 11 is 0. The Bertz CT molecular complexity index is 798. The highest BCUT2D eigenvalue weighted by Crippen LogP contribution is 2.71. The van der Waals surface area contributed by atoms with Crippen LogP contribution in [0, 0.1) is 40.4 Å². The minimum atomic E-state index is 0.127. The van der Waals surface area contributed by atoms with E-state index in [-0.39, 0.29) is 17.1 Å². The molecule has 10 atom stereocenters. The second-order valence-corrected chi connectivity index (χ2v) is 12.8. The van der Waals surface area contributed by atoms with Crippen molar-refractivity contribution in [2.75, 3.05) is 0 Å². The van der Waals surface area contributed by atoms with Gasteiger partial charge in [-0.2, -0.15) is 0 Å². The Labute approximate surface area is 182 Å². The molecule has 30 heavy (non-hydrogen) atoms. The molecule has 3 saturated carbocycles. The number of hydrogen-bond acceptors (Lipinski definition) is 3. The van der Waals surface area contributed by atoms with E-state index in [1.807, 2.05) is 6.08 Å². The minimum Gasteiger partial charge on any atom is -0.367 e. The molecule has 5 fully saturated rings. The van der Waals surface area contributed by atoms with Crippen LogP contribution < -0.4 is 0 Å². The molecule has 0 aromatic heterocycles. The van der Waals surface area contributed by atoms with Gasteiger partial charge in [0.2, 0.25) is 0 Å². The van der Waals surface area contributed by atoms with E-state index >= 15 is 0 Å². The standard InChI is InChI=1S/C27H40O3/c1-15(6-9-21-25(2,3)30-21)17-7-8-18-22-19(11-13-26(17,18)4)27(5)12-10-16(28)14-20(27)23-24(22)29-23/h14-15,17-19,21-24H,6-13H2,1-5H3/t15-,17-,18+,19+,21?,22?,23?,24?,26?,27?/m1/s1. The van der Waals surface area contributed by atoms with Crippen LogP contribution in [-0.2, 0) is 14.3 Å². The van der Waals surface area contributed by atoms with Gasteiger partial charge in [0.05, 0.1) is 17.8 Å². The van der Waals surface area contributed by atoms with Crippen LogP contribution in [0.2, 0.25) is 0 Å². The summed E-state index contributed by atoms with van der Waals surface area (Å²) in [6, 6.07) is 0. The van der Waals surface area contributed by atoms with E-state index in [0.717, 1.165) is 30.6 Å². The van der Waals surface area contributed by atoms with E-state index in [1.165, 1.54) is 44.1 Å². The highest BCUT2D eigenvalue weighted by atomic mass is 16.6. The topological polar surface area (TPSA) is 42.1 Å². The SMILES string of the molecule is C[C@H](CCC1OC1(C)C)[C@H]1CC[C@H]2C3C4OC4C4=CC(=O)CCC4(C)[C@H]3CCC12C. The molecule has 6 aliphatic rings. The fraction of sp³-hybridized carbons (Fsp3) is 0.889. The van der Waals surface area contributed by atoms with Crippen molar-refractivity contribution in [3.8, 4) is 0 Å². The first-order valence-electron chi connectivity index (χ1n) is 12.7. The van der Waals surface area contributed by atoms with Crippen molar-refractivity contribution in [3.05, 3.63) is 11.6 Å². The van der Waals surface area contributed by atoms with Crippen LogP contribution in [0.25, 0.3) is 0 Å². The van der Waals surface area contributed by atoms with Crippen molar-refractivity contribution in [1.82, 2.24) is 0 Å². The third-order valence-electron chi connectivity index (χ3n) is 11.0. The largest absolute Gasteiger partial charge is 0.367 e. The number of fused-ring (bicyclic) bond motifs is 8. The number of epoxide rings is 2. The Kier molecular flexibility index (Phi) is 4.14. The van der Waals surface area contributed by atoms with Gasteiger partial charge in [-0.25, -0.2) is 0 Å². The van der Waals surface area contributed by atoms with Crippen LogP contribution >= 0.6 is 0 Å². The van der Waals surface area contributed by atoms with Gasteiger partial charge in [0.1, 0.15) is 6.10 Å². The molecule has 6 unspecified atom stereocenters. The monoisotopic (exact) mass is 412 g/mol. The van der Waals surface area contributed by atoms with Crippen molar-refractivity contribution in [3.63, 3.8) is 0 Å². The lowest BCUT2D eigenvalue weighted by atomic mass is 9.46. The fourth-order valence-corrected chi connectivity index (χ4v) is 9.14. The molecule has 166 valence electrons. The summed E-state index contributed by atoms with van der Waals surface area (Å²) < 4.78 is 12.2. The molecule has 3 heteroatoms. The summed E-state index contributed by atoms with van der Waals surface area (Å²) in [7, 11) is 0. The zero-order chi connectivity index (χ0) is 21.1. The first-order valence-corrected chi connectivity index (χ1v) is 12.7. The average Bonchev–Trinajstić information content (AvgIpc) is 3.56.